The highest BCUT2D eigenvalue weighted by atomic mass is 16.4. The molecule has 0 unspecified atom stereocenters. The molecule has 60 valence electrons. The Kier molecular flexibility index (Phi) is 2.40. The van der Waals surface area contributed by atoms with Crippen molar-refractivity contribution in [3.8, 4) is 0 Å². The Morgan fingerprint density at radius 1 is 1.45 bits per heavy atom. The minimum atomic E-state index is -0.263. The van der Waals surface area contributed by atoms with Crippen LogP contribution in [0.15, 0.2) is 10.5 Å². The van der Waals surface area contributed by atoms with Crippen LogP contribution in [0.4, 0.5) is 0 Å². The zero-order chi connectivity index (χ0) is 8.27. The van der Waals surface area contributed by atoms with Gasteiger partial charge in [0.2, 0.25) is 0 Å². The van der Waals surface area contributed by atoms with Crippen molar-refractivity contribution in [2.45, 2.75) is 13.2 Å². The number of aldehydes is 1. The second kappa shape index (κ2) is 3.32. The minimum Gasteiger partial charge on any atom is -0.455 e. The third kappa shape index (κ3) is 1.47. The zero-order valence-corrected chi connectivity index (χ0v) is 5.78. The van der Waals surface area contributed by atoms with Crippen LogP contribution in [0.2, 0.25) is 0 Å². The molecule has 1 heterocycles. The van der Waals surface area contributed by atoms with E-state index in [4.69, 9.17) is 14.6 Å². The lowest BCUT2D eigenvalue weighted by Gasteiger charge is -1.85. The summed E-state index contributed by atoms with van der Waals surface area (Å²) in [5.41, 5.74) is 0.407. The number of rotatable bonds is 3. The minimum absolute atomic E-state index is 0.0801. The van der Waals surface area contributed by atoms with Crippen LogP contribution < -0.4 is 0 Å². The van der Waals surface area contributed by atoms with Gasteiger partial charge >= 0.3 is 0 Å². The second-order valence-corrected chi connectivity index (χ2v) is 2.04. The van der Waals surface area contributed by atoms with Crippen LogP contribution in [0.3, 0.4) is 0 Å². The predicted molar refractivity (Wildman–Crippen MR) is 35.9 cm³/mol. The van der Waals surface area contributed by atoms with Gasteiger partial charge in [-0.2, -0.15) is 0 Å². The lowest BCUT2D eigenvalue weighted by Crippen LogP contribution is -1.84. The summed E-state index contributed by atoms with van der Waals surface area (Å²) in [7, 11) is 0. The van der Waals surface area contributed by atoms with E-state index >= 15 is 0 Å². The number of hydrogen-bond donors (Lipinski definition) is 2. The Labute approximate surface area is 63.1 Å². The lowest BCUT2D eigenvalue weighted by molar-refractivity contribution is 0.109. The quantitative estimate of drug-likeness (QED) is 0.608. The van der Waals surface area contributed by atoms with Crippen molar-refractivity contribution in [2.75, 3.05) is 0 Å². The summed E-state index contributed by atoms with van der Waals surface area (Å²) < 4.78 is 4.83. The largest absolute Gasteiger partial charge is 0.455 e. The highest BCUT2D eigenvalue weighted by Gasteiger charge is 2.07. The summed E-state index contributed by atoms with van der Waals surface area (Å²) in [6, 6.07) is 1.45. The number of carbonyl (C=O) groups is 1. The van der Waals surface area contributed by atoms with Gasteiger partial charge in [0.25, 0.3) is 0 Å². The van der Waals surface area contributed by atoms with Crippen LogP contribution in [0.25, 0.3) is 0 Å². The van der Waals surface area contributed by atoms with Crippen LogP contribution in [0.1, 0.15) is 21.9 Å². The smallest absolute Gasteiger partial charge is 0.185 e. The molecular formula is C7H8O4. The monoisotopic (exact) mass is 156 g/mol. The van der Waals surface area contributed by atoms with E-state index in [0.29, 0.717) is 11.8 Å². The number of aliphatic hydroxyl groups excluding tert-OH is 2. The molecule has 0 radical (unpaired) electrons. The average Bonchev–Trinajstić information content (AvgIpc) is 2.46. The standard InChI is InChI=1S/C7H8O4/c8-2-5-1-6(3-9)11-7(5)4-10/h1,4,8-9H,2-3H2. The molecule has 0 fully saturated rings. The molecule has 0 atom stereocenters. The SMILES string of the molecule is O=Cc1oc(CO)cc1CO. The van der Waals surface area contributed by atoms with Gasteiger partial charge in [0.15, 0.2) is 12.0 Å². The van der Waals surface area contributed by atoms with Crippen molar-refractivity contribution in [1.82, 2.24) is 0 Å². The Morgan fingerprint density at radius 2 is 2.18 bits per heavy atom. The third-order valence-electron chi connectivity index (χ3n) is 1.33. The molecule has 4 nitrogen and oxygen atoms in total. The van der Waals surface area contributed by atoms with Crippen LogP contribution in [-0.2, 0) is 13.2 Å². The molecule has 2 N–H and O–H groups in total. The fourth-order valence-electron chi connectivity index (χ4n) is 0.803. The van der Waals surface area contributed by atoms with E-state index in [1.807, 2.05) is 0 Å². The molecule has 0 aliphatic carbocycles. The molecule has 0 aromatic carbocycles. The molecule has 1 aromatic rings. The highest BCUT2D eigenvalue weighted by molar-refractivity contribution is 5.73. The van der Waals surface area contributed by atoms with Crippen molar-refractivity contribution >= 4 is 6.29 Å². The van der Waals surface area contributed by atoms with E-state index in [1.165, 1.54) is 6.07 Å². The van der Waals surface area contributed by atoms with Gasteiger partial charge in [-0.3, -0.25) is 4.79 Å². The maximum absolute atomic E-state index is 10.2. The van der Waals surface area contributed by atoms with E-state index < -0.39 is 0 Å². The molecule has 0 spiro atoms. The molecule has 0 saturated carbocycles. The molecule has 0 bridgehead atoms. The van der Waals surface area contributed by atoms with Crippen molar-refractivity contribution in [3.05, 3.63) is 23.2 Å². The summed E-state index contributed by atoms with van der Waals surface area (Å²) in [4.78, 5) is 10.2. The van der Waals surface area contributed by atoms with E-state index in [0.717, 1.165) is 0 Å². The summed E-state index contributed by atoms with van der Waals surface area (Å²) in [5, 5.41) is 17.2. The van der Waals surface area contributed by atoms with Gasteiger partial charge in [0.1, 0.15) is 12.4 Å². The van der Waals surface area contributed by atoms with Gasteiger partial charge in [-0.1, -0.05) is 0 Å². The van der Waals surface area contributed by atoms with Crippen molar-refractivity contribution in [3.63, 3.8) is 0 Å². The fraction of sp³-hybridized carbons (Fsp3) is 0.286. The maximum atomic E-state index is 10.2. The Morgan fingerprint density at radius 3 is 2.55 bits per heavy atom. The first-order valence-corrected chi connectivity index (χ1v) is 3.10. The maximum Gasteiger partial charge on any atom is 0.185 e. The van der Waals surface area contributed by atoms with Gasteiger partial charge in [0, 0.05) is 5.56 Å². The van der Waals surface area contributed by atoms with E-state index in [-0.39, 0.29) is 24.7 Å². The molecule has 0 aliphatic rings. The van der Waals surface area contributed by atoms with Crippen molar-refractivity contribution < 1.29 is 19.4 Å². The van der Waals surface area contributed by atoms with Gasteiger partial charge in [-0.15, -0.1) is 0 Å². The number of furan rings is 1. The third-order valence-corrected chi connectivity index (χ3v) is 1.33. The summed E-state index contributed by atoms with van der Waals surface area (Å²) in [5.74, 6) is 0.368. The number of hydrogen-bond acceptors (Lipinski definition) is 4. The average molecular weight is 156 g/mol. The topological polar surface area (TPSA) is 70.7 Å². The van der Waals surface area contributed by atoms with Gasteiger partial charge in [-0.05, 0) is 6.07 Å². The molecule has 1 aromatic heterocycles. The van der Waals surface area contributed by atoms with Crippen molar-refractivity contribution in [2.24, 2.45) is 0 Å². The Bertz CT molecular complexity index is 251. The zero-order valence-electron chi connectivity index (χ0n) is 5.78. The molecule has 4 heteroatoms. The molecule has 0 amide bonds. The van der Waals surface area contributed by atoms with Gasteiger partial charge < -0.3 is 14.6 Å². The van der Waals surface area contributed by atoms with Gasteiger partial charge in [-0.25, -0.2) is 0 Å². The van der Waals surface area contributed by atoms with E-state index in [9.17, 15) is 4.79 Å². The van der Waals surface area contributed by atoms with Crippen molar-refractivity contribution in [1.29, 1.82) is 0 Å². The Balaban J connectivity index is 3.01. The van der Waals surface area contributed by atoms with Crippen LogP contribution in [0, 0.1) is 0 Å². The first-order chi connectivity index (χ1) is 5.31. The molecule has 0 aliphatic heterocycles. The number of carbonyl (C=O) groups excluding carboxylic acids is 1. The first kappa shape index (κ1) is 7.97. The lowest BCUT2D eigenvalue weighted by atomic mass is 10.2. The van der Waals surface area contributed by atoms with Crippen LogP contribution >= 0.6 is 0 Å². The normalized spacial score (nSPS) is 10.0. The number of aliphatic hydroxyl groups is 2. The fourth-order valence-corrected chi connectivity index (χ4v) is 0.803. The van der Waals surface area contributed by atoms with E-state index in [2.05, 4.69) is 0 Å². The summed E-state index contributed by atoms with van der Waals surface area (Å²) in [6.07, 6.45) is 0.505. The Hall–Kier alpha value is -1.13. The second-order valence-electron chi connectivity index (χ2n) is 2.04. The predicted octanol–water partition coefficient (Wildman–Crippen LogP) is 0.0767. The van der Waals surface area contributed by atoms with E-state index in [1.54, 1.807) is 0 Å². The van der Waals surface area contributed by atoms with Crippen LogP contribution in [0.5, 0.6) is 0 Å². The molecule has 1 rings (SSSR count). The van der Waals surface area contributed by atoms with Gasteiger partial charge in [0.05, 0.1) is 6.61 Å². The van der Waals surface area contributed by atoms with Crippen LogP contribution in [-0.4, -0.2) is 16.5 Å². The molecule has 0 saturated heterocycles. The molecular weight excluding hydrogens is 148 g/mol. The molecule has 11 heavy (non-hydrogen) atoms. The summed E-state index contributed by atoms with van der Waals surface area (Å²) in [6.45, 7) is -0.515. The summed E-state index contributed by atoms with van der Waals surface area (Å²) >= 11 is 0. The first-order valence-electron chi connectivity index (χ1n) is 3.10. The highest BCUT2D eigenvalue weighted by Crippen LogP contribution is 2.13.